The van der Waals surface area contributed by atoms with Gasteiger partial charge in [0.05, 0.1) is 12.2 Å². The van der Waals surface area contributed by atoms with Gasteiger partial charge in [0.15, 0.2) is 5.82 Å². The third-order valence-electron chi connectivity index (χ3n) is 2.33. The first kappa shape index (κ1) is 14.5. The molecule has 0 amide bonds. The van der Waals surface area contributed by atoms with Crippen LogP contribution in [0, 0.1) is 0 Å². The van der Waals surface area contributed by atoms with Gasteiger partial charge in [-0.05, 0) is 30.7 Å². The first-order valence-electron chi connectivity index (χ1n) is 5.62. The van der Waals surface area contributed by atoms with Crippen molar-refractivity contribution in [3.8, 4) is 17.4 Å². The van der Waals surface area contributed by atoms with Crippen LogP contribution in [-0.4, -0.2) is 21.6 Å². The van der Waals surface area contributed by atoms with Crippen LogP contribution in [0.25, 0.3) is 11.4 Å². The Hall–Kier alpha value is -1.89. The summed E-state index contributed by atoms with van der Waals surface area (Å²) in [7, 11) is 0. The minimum atomic E-state index is -4.38. The number of benzene rings is 1. The molecular weight excluding hydrogens is 295 g/mol. The summed E-state index contributed by atoms with van der Waals surface area (Å²) in [6, 6.07) is 4.47. The molecule has 0 unspecified atom stereocenters. The summed E-state index contributed by atoms with van der Waals surface area (Å²) in [5.74, 6) is 0.155. The van der Waals surface area contributed by atoms with E-state index < -0.39 is 11.7 Å². The number of nitrogens with zero attached hydrogens (tertiary/aromatic N) is 3. The number of rotatable bonds is 3. The fourth-order valence-electron chi connectivity index (χ4n) is 1.46. The first-order chi connectivity index (χ1) is 9.40. The second-order valence-electron chi connectivity index (χ2n) is 3.72. The van der Waals surface area contributed by atoms with Gasteiger partial charge in [-0.1, -0.05) is 12.1 Å². The Kier molecular flexibility index (Phi) is 4.08. The molecule has 4 nitrogen and oxygen atoms in total. The van der Waals surface area contributed by atoms with Crippen molar-refractivity contribution in [3.63, 3.8) is 0 Å². The maximum atomic E-state index is 12.5. The maximum absolute atomic E-state index is 12.5. The molecule has 1 aromatic carbocycles. The highest BCUT2D eigenvalue weighted by Gasteiger charge is 2.30. The zero-order chi connectivity index (χ0) is 14.8. The van der Waals surface area contributed by atoms with Crippen molar-refractivity contribution in [1.29, 1.82) is 0 Å². The molecule has 20 heavy (non-hydrogen) atoms. The first-order valence-corrected chi connectivity index (χ1v) is 6.00. The SMILES string of the molecule is CCOc1nc(Cl)nc(-c2ccc(C(F)(F)F)cc2)n1. The Labute approximate surface area is 117 Å². The Balaban J connectivity index is 2.36. The molecule has 0 N–H and O–H groups in total. The highest BCUT2D eigenvalue weighted by Crippen LogP contribution is 2.30. The van der Waals surface area contributed by atoms with E-state index in [0.717, 1.165) is 12.1 Å². The number of hydrogen-bond donors (Lipinski definition) is 0. The predicted molar refractivity (Wildman–Crippen MR) is 66.4 cm³/mol. The molecule has 2 rings (SSSR count). The van der Waals surface area contributed by atoms with E-state index in [1.807, 2.05) is 0 Å². The van der Waals surface area contributed by atoms with Crippen molar-refractivity contribution in [2.24, 2.45) is 0 Å². The lowest BCUT2D eigenvalue weighted by molar-refractivity contribution is -0.137. The average Bonchev–Trinajstić information content (AvgIpc) is 2.37. The van der Waals surface area contributed by atoms with Gasteiger partial charge in [-0.15, -0.1) is 0 Å². The summed E-state index contributed by atoms with van der Waals surface area (Å²) in [5.41, 5.74) is -0.352. The quantitative estimate of drug-likeness (QED) is 0.869. The van der Waals surface area contributed by atoms with E-state index in [0.29, 0.717) is 12.2 Å². The Morgan fingerprint density at radius 2 is 1.75 bits per heavy atom. The van der Waals surface area contributed by atoms with E-state index >= 15 is 0 Å². The molecule has 0 saturated carbocycles. The monoisotopic (exact) mass is 303 g/mol. The van der Waals surface area contributed by atoms with Crippen LogP contribution in [-0.2, 0) is 6.18 Å². The van der Waals surface area contributed by atoms with Gasteiger partial charge in [-0.2, -0.15) is 28.1 Å². The van der Waals surface area contributed by atoms with Gasteiger partial charge in [0.1, 0.15) is 0 Å². The molecule has 106 valence electrons. The van der Waals surface area contributed by atoms with Crippen molar-refractivity contribution in [2.45, 2.75) is 13.1 Å². The van der Waals surface area contributed by atoms with Crippen molar-refractivity contribution in [1.82, 2.24) is 15.0 Å². The van der Waals surface area contributed by atoms with Gasteiger partial charge in [0.25, 0.3) is 0 Å². The Bertz CT molecular complexity index is 602. The largest absolute Gasteiger partial charge is 0.464 e. The molecule has 0 radical (unpaired) electrons. The summed E-state index contributed by atoms with van der Waals surface area (Å²) in [5, 5.41) is -0.0849. The lowest BCUT2D eigenvalue weighted by Gasteiger charge is -2.08. The van der Waals surface area contributed by atoms with Crippen LogP contribution in [0.3, 0.4) is 0 Å². The average molecular weight is 304 g/mol. The molecule has 0 saturated heterocycles. The third kappa shape index (κ3) is 3.36. The van der Waals surface area contributed by atoms with Gasteiger partial charge in [-0.3, -0.25) is 0 Å². The zero-order valence-corrected chi connectivity index (χ0v) is 11.0. The molecule has 0 aliphatic carbocycles. The number of aromatic nitrogens is 3. The Morgan fingerprint density at radius 1 is 1.10 bits per heavy atom. The summed E-state index contributed by atoms with van der Waals surface area (Å²) in [6.45, 7) is 2.09. The molecule has 1 heterocycles. The molecule has 8 heteroatoms. The van der Waals surface area contributed by atoms with Gasteiger partial charge in [0.2, 0.25) is 5.28 Å². The van der Waals surface area contributed by atoms with Crippen molar-refractivity contribution in [2.75, 3.05) is 6.61 Å². The smallest absolute Gasteiger partial charge is 0.416 e. The molecule has 1 aromatic heterocycles. The number of hydrogen-bond acceptors (Lipinski definition) is 4. The van der Waals surface area contributed by atoms with Gasteiger partial charge in [0, 0.05) is 5.56 Å². The molecule has 0 aliphatic rings. The van der Waals surface area contributed by atoms with Crippen molar-refractivity contribution < 1.29 is 17.9 Å². The van der Waals surface area contributed by atoms with E-state index in [9.17, 15) is 13.2 Å². The van der Waals surface area contributed by atoms with Crippen LogP contribution >= 0.6 is 11.6 Å². The highest BCUT2D eigenvalue weighted by molar-refractivity contribution is 6.28. The standard InChI is InChI=1S/C12H9ClF3N3O/c1-2-20-11-18-9(17-10(13)19-11)7-3-5-8(6-4-7)12(14,15)16/h3-6H,2H2,1H3. The minimum Gasteiger partial charge on any atom is -0.464 e. The Morgan fingerprint density at radius 3 is 2.30 bits per heavy atom. The van der Waals surface area contributed by atoms with Crippen LogP contribution < -0.4 is 4.74 Å². The van der Waals surface area contributed by atoms with Crippen LogP contribution in [0.2, 0.25) is 5.28 Å². The maximum Gasteiger partial charge on any atom is 0.416 e. The molecular formula is C12H9ClF3N3O. The number of alkyl halides is 3. The molecule has 0 aliphatic heterocycles. The van der Waals surface area contributed by atoms with Crippen LogP contribution in [0.1, 0.15) is 12.5 Å². The molecule has 0 fully saturated rings. The minimum absolute atomic E-state index is 0.0300. The lowest BCUT2D eigenvalue weighted by atomic mass is 10.1. The topological polar surface area (TPSA) is 47.9 Å². The lowest BCUT2D eigenvalue weighted by Crippen LogP contribution is -2.05. The van der Waals surface area contributed by atoms with Gasteiger partial charge in [-0.25, -0.2) is 0 Å². The van der Waals surface area contributed by atoms with Crippen molar-refractivity contribution >= 4 is 11.6 Å². The number of halogens is 4. The molecule has 0 bridgehead atoms. The summed E-state index contributed by atoms with van der Waals surface area (Å²) in [4.78, 5) is 11.6. The summed E-state index contributed by atoms with van der Waals surface area (Å²) >= 11 is 5.72. The second-order valence-corrected chi connectivity index (χ2v) is 4.06. The van der Waals surface area contributed by atoms with E-state index in [4.69, 9.17) is 16.3 Å². The number of ether oxygens (including phenoxy) is 1. The van der Waals surface area contributed by atoms with E-state index in [1.54, 1.807) is 6.92 Å². The predicted octanol–water partition coefficient (Wildman–Crippen LogP) is 3.61. The molecule has 2 aromatic rings. The van der Waals surface area contributed by atoms with E-state index in [1.165, 1.54) is 12.1 Å². The molecule has 0 atom stereocenters. The third-order valence-corrected chi connectivity index (χ3v) is 2.50. The fraction of sp³-hybridized carbons (Fsp3) is 0.250. The normalized spacial score (nSPS) is 11.4. The molecule has 0 spiro atoms. The second kappa shape index (κ2) is 5.62. The van der Waals surface area contributed by atoms with Crippen LogP contribution in [0.4, 0.5) is 13.2 Å². The highest BCUT2D eigenvalue weighted by atomic mass is 35.5. The van der Waals surface area contributed by atoms with Crippen molar-refractivity contribution in [3.05, 3.63) is 35.1 Å². The van der Waals surface area contributed by atoms with E-state index in [2.05, 4.69) is 15.0 Å². The van der Waals surface area contributed by atoms with Gasteiger partial charge >= 0.3 is 12.2 Å². The summed E-state index contributed by atoms with van der Waals surface area (Å²) < 4.78 is 42.5. The fourth-order valence-corrected chi connectivity index (χ4v) is 1.62. The van der Waals surface area contributed by atoms with Crippen LogP contribution in [0.5, 0.6) is 6.01 Å². The van der Waals surface area contributed by atoms with Crippen LogP contribution in [0.15, 0.2) is 24.3 Å². The summed E-state index contributed by atoms with van der Waals surface area (Å²) in [6.07, 6.45) is -4.38. The zero-order valence-electron chi connectivity index (χ0n) is 10.3. The van der Waals surface area contributed by atoms with Gasteiger partial charge < -0.3 is 4.74 Å². The van der Waals surface area contributed by atoms with E-state index in [-0.39, 0.29) is 17.1 Å².